The minimum Gasteiger partial charge on any atom is -0.497 e. The van der Waals surface area contributed by atoms with Crippen molar-refractivity contribution in [1.29, 1.82) is 0 Å². The smallest absolute Gasteiger partial charge is 0.240 e. The van der Waals surface area contributed by atoms with Crippen molar-refractivity contribution in [2.45, 2.75) is 28.0 Å². The number of hydrogen-bond donors (Lipinski definition) is 1. The van der Waals surface area contributed by atoms with Gasteiger partial charge in [-0.2, -0.15) is 0 Å². The summed E-state index contributed by atoms with van der Waals surface area (Å²) in [6, 6.07) is 15.5. The lowest BCUT2D eigenvalue weighted by Gasteiger charge is -2.12. The minimum atomic E-state index is -4.00. The molecule has 1 N–H and O–H groups in total. The minimum absolute atomic E-state index is 0.117. The first-order valence-electron chi connectivity index (χ1n) is 9.37. The van der Waals surface area contributed by atoms with Crippen molar-refractivity contribution < 1.29 is 26.0 Å². The lowest BCUT2D eigenvalue weighted by molar-refractivity contribution is 0.414. The fraction of sp³-hybridized carbons (Fsp3) is 0.182. The predicted molar refractivity (Wildman–Crippen MR) is 115 cm³/mol. The maximum atomic E-state index is 13.1. The molecule has 31 heavy (non-hydrogen) atoms. The third-order valence-electron chi connectivity index (χ3n) is 4.75. The van der Waals surface area contributed by atoms with Gasteiger partial charge in [-0.05, 0) is 73.0 Å². The number of sulfone groups is 1. The first-order chi connectivity index (χ1) is 14.6. The van der Waals surface area contributed by atoms with Crippen molar-refractivity contribution in [3.8, 4) is 5.75 Å². The van der Waals surface area contributed by atoms with Gasteiger partial charge in [0.15, 0.2) is 0 Å². The second-order valence-corrected chi connectivity index (χ2v) is 10.6. The van der Waals surface area contributed by atoms with Gasteiger partial charge < -0.3 is 4.74 Å². The lowest BCUT2D eigenvalue weighted by Crippen LogP contribution is -2.27. The van der Waals surface area contributed by atoms with Crippen LogP contribution in [-0.2, 0) is 26.3 Å². The van der Waals surface area contributed by atoms with Gasteiger partial charge >= 0.3 is 0 Å². The van der Waals surface area contributed by atoms with E-state index in [1.165, 1.54) is 12.1 Å². The molecule has 3 aromatic carbocycles. The number of sulfonamides is 1. The van der Waals surface area contributed by atoms with Gasteiger partial charge in [-0.1, -0.05) is 18.2 Å². The van der Waals surface area contributed by atoms with E-state index in [9.17, 15) is 21.2 Å². The van der Waals surface area contributed by atoms with Crippen LogP contribution >= 0.6 is 0 Å². The number of aryl methyl sites for hydroxylation is 1. The van der Waals surface area contributed by atoms with Crippen molar-refractivity contribution >= 4 is 19.9 Å². The van der Waals surface area contributed by atoms with E-state index < -0.39 is 25.7 Å². The summed E-state index contributed by atoms with van der Waals surface area (Å²) in [5.41, 5.74) is 1.34. The molecule has 0 aliphatic rings. The van der Waals surface area contributed by atoms with Crippen LogP contribution in [0.3, 0.4) is 0 Å². The summed E-state index contributed by atoms with van der Waals surface area (Å²) in [6.07, 6.45) is 0.454. The Morgan fingerprint density at radius 1 is 0.871 bits per heavy atom. The van der Waals surface area contributed by atoms with Crippen molar-refractivity contribution in [3.63, 3.8) is 0 Å². The van der Waals surface area contributed by atoms with E-state index in [0.29, 0.717) is 17.7 Å². The van der Waals surface area contributed by atoms with Crippen LogP contribution in [-0.4, -0.2) is 30.5 Å². The Hall–Kier alpha value is -2.75. The second kappa shape index (κ2) is 9.17. The molecule has 0 aromatic heterocycles. The Balaban J connectivity index is 1.81. The molecule has 9 heteroatoms. The second-order valence-electron chi connectivity index (χ2n) is 6.88. The molecule has 0 aliphatic heterocycles. The Morgan fingerprint density at radius 2 is 1.48 bits per heavy atom. The highest BCUT2D eigenvalue weighted by atomic mass is 32.2. The van der Waals surface area contributed by atoms with E-state index >= 15 is 0 Å². The van der Waals surface area contributed by atoms with Gasteiger partial charge in [-0.25, -0.2) is 25.9 Å². The quantitative estimate of drug-likeness (QED) is 0.517. The summed E-state index contributed by atoms with van der Waals surface area (Å²) in [4.78, 5) is -0.417. The number of halogens is 1. The van der Waals surface area contributed by atoms with Crippen molar-refractivity contribution in [1.82, 2.24) is 4.72 Å². The molecule has 0 spiro atoms. The SMILES string of the molecule is COc1ccc(CCNS(=O)(=O)c2cc(S(=O)(=O)c3ccc(F)cc3)ccc2C)cc1. The zero-order valence-electron chi connectivity index (χ0n) is 17.0. The van der Waals surface area contributed by atoms with Gasteiger partial charge in [-0.3, -0.25) is 0 Å². The number of methoxy groups -OCH3 is 1. The van der Waals surface area contributed by atoms with Gasteiger partial charge in [0.25, 0.3) is 0 Å². The molecule has 3 aromatic rings. The zero-order chi connectivity index (χ0) is 22.6. The third kappa shape index (κ3) is 5.30. The standard InChI is InChI=1S/C22H22FNO5S2/c1-16-3-10-21(30(25,26)20-11-6-18(23)7-12-20)15-22(16)31(27,28)24-14-13-17-4-8-19(29-2)9-5-17/h3-12,15,24H,13-14H2,1-2H3. The monoisotopic (exact) mass is 463 g/mol. The molecule has 0 amide bonds. The highest BCUT2D eigenvalue weighted by Crippen LogP contribution is 2.25. The van der Waals surface area contributed by atoms with Crippen LogP contribution in [0.5, 0.6) is 5.75 Å². The normalized spacial score (nSPS) is 12.0. The molecule has 0 heterocycles. The fourth-order valence-corrected chi connectivity index (χ4v) is 5.65. The largest absolute Gasteiger partial charge is 0.497 e. The van der Waals surface area contributed by atoms with Crippen LogP contribution in [0, 0.1) is 12.7 Å². The highest BCUT2D eigenvalue weighted by Gasteiger charge is 2.23. The highest BCUT2D eigenvalue weighted by molar-refractivity contribution is 7.91. The molecule has 0 aliphatic carbocycles. The summed E-state index contributed by atoms with van der Waals surface area (Å²) in [5.74, 6) is 0.145. The molecule has 0 fully saturated rings. The molecular formula is C22H22FNO5S2. The molecule has 0 saturated heterocycles. The summed E-state index contributed by atoms with van der Waals surface area (Å²) in [6.45, 7) is 1.73. The van der Waals surface area contributed by atoms with E-state index in [-0.39, 0.29) is 21.2 Å². The van der Waals surface area contributed by atoms with Crippen LogP contribution in [0.15, 0.2) is 81.4 Å². The molecule has 0 atom stereocenters. The first kappa shape index (κ1) is 22.9. The zero-order valence-corrected chi connectivity index (χ0v) is 18.6. The third-order valence-corrected chi connectivity index (χ3v) is 8.12. The number of rotatable bonds is 8. The molecule has 0 unspecified atom stereocenters. The van der Waals surface area contributed by atoms with Crippen LogP contribution < -0.4 is 9.46 Å². The Bertz CT molecular complexity index is 1270. The molecule has 0 saturated carbocycles. The van der Waals surface area contributed by atoms with Gasteiger partial charge in [0.2, 0.25) is 19.9 Å². The first-order valence-corrected chi connectivity index (χ1v) is 12.3. The molecule has 3 rings (SSSR count). The summed E-state index contributed by atoms with van der Waals surface area (Å²) in [5, 5.41) is 0. The number of hydrogen-bond acceptors (Lipinski definition) is 5. The summed E-state index contributed by atoms with van der Waals surface area (Å²) in [7, 11) is -6.38. The maximum Gasteiger partial charge on any atom is 0.240 e. The molecule has 0 bridgehead atoms. The summed E-state index contributed by atoms with van der Waals surface area (Å²) < 4.78 is 72.1. The molecular weight excluding hydrogens is 441 g/mol. The lowest BCUT2D eigenvalue weighted by atomic mass is 10.1. The van der Waals surface area contributed by atoms with Gasteiger partial charge in [-0.15, -0.1) is 0 Å². The fourth-order valence-electron chi connectivity index (χ4n) is 2.99. The van der Waals surface area contributed by atoms with E-state index in [1.807, 2.05) is 12.1 Å². The van der Waals surface area contributed by atoms with E-state index in [0.717, 1.165) is 35.9 Å². The van der Waals surface area contributed by atoms with E-state index in [4.69, 9.17) is 4.74 Å². The maximum absolute atomic E-state index is 13.1. The van der Waals surface area contributed by atoms with E-state index in [1.54, 1.807) is 26.2 Å². The Morgan fingerprint density at radius 3 is 2.10 bits per heavy atom. The molecule has 0 radical (unpaired) electrons. The van der Waals surface area contributed by atoms with Crippen LogP contribution in [0.25, 0.3) is 0 Å². The Kier molecular flexibility index (Phi) is 6.78. The average Bonchev–Trinajstić information content (AvgIpc) is 2.74. The number of ether oxygens (including phenoxy) is 1. The number of benzene rings is 3. The van der Waals surface area contributed by atoms with Crippen molar-refractivity contribution in [3.05, 3.63) is 83.7 Å². The summed E-state index contributed by atoms with van der Waals surface area (Å²) >= 11 is 0. The predicted octanol–water partition coefficient (Wildman–Crippen LogP) is 3.50. The van der Waals surface area contributed by atoms with Gasteiger partial charge in [0, 0.05) is 6.54 Å². The average molecular weight is 464 g/mol. The van der Waals surface area contributed by atoms with E-state index in [2.05, 4.69) is 4.72 Å². The molecule has 6 nitrogen and oxygen atoms in total. The molecule has 164 valence electrons. The van der Waals surface area contributed by atoms with Gasteiger partial charge in [0.1, 0.15) is 11.6 Å². The topological polar surface area (TPSA) is 89.5 Å². The van der Waals surface area contributed by atoms with Crippen molar-refractivity contribution in [2.75, 3.05) is 13.7 Å². The number of nitrogens with one attached hydrogen (secondary N) is 1. The van der Waals surface area contributed by atoms with Crippen LogP contribution in [0.2, 0.25) is 0 Å². The van der Waals surface area contributed by atoms with Crippen LogP contribution in [0.4, 0.5) is 4.39 Å². The van der Waals surface area contributed by atoms with Gasteiger partial charge in [0.05, 0.1) is 21.8 Å². The Labute approximate surface area is 181 Å². The van der Waals surface area contributed by atoms with Crippen molar-refractivity contribution in [2.24, 2.45) is 0 Å². The van der Waals surface area contributed by atoms with Crippen LogP contribution in [0.1, 0.15) is 11.1 Å².